The number of carboxylic acid groups (broad SMARTS) is 1. The highest BCUT2D eigenvalue weighted by atomic mass is 35.5. The van der Waals surface area contributed by atoms with E-state index in [4.69, 9.17) is 11.6 Å². The molecule has 110 valence electrons. The van der Waals surface area contributed by atoms with E-state index < -0.39 is 22.0 Å². The van der Waals surface area contributed by atoms with Crippen LogP contribution in [0, 0.1) is 6.92 Å². The van der Waals surface area contributed by atoms with Crippen molar-refractivity contribution in [2.24, 2.45) is 0 Å². The monoisotopic (exact) mass is 317 g/mol. The fourth-order valence-corrected chi connectivity index (χ4v) is 4.55. The average Bonchev–Trinajstić information content (AvgIpc) is 2.38. The van der Waals surface area contributed by atoms with Crippen LogP contribution in [0.5, 0.6) is 0 Å². The summed E-state index contributed by atoms with van der Waals surface area (Å²) in [6.07, 6.45) is 1.75. The van der Waals surface area contributed by atoms with Crippen LogP contribution in [0.15, 0.2) is 23.1 Å². The molecule has 0 radical (unpaired) electrons. The Morgan fingerprint density at radius 2 is 2.10 bits per heavy atom. The number of benzene rings is 1. The molecule has 1 aromatic rings. The normalized spacial score (nSPS) is 20.8. The number of carbonyl (C=O) groups is 1. The largest absolute Gasteiger partial charge is 0.480 e. The second-order valence-corrected chi connectivity index (χ2v) is 7.17. The standard InChI is InChI=1S/C13H16ClNO4S/c1-9-8-10(14)5-6-12(9)20(18,19)15-7-3-2-4-11(15)13(16)17/h5-6,8,11H,2-4,7H2,1H3,(H,16,17). The molecule has 1 fully saturated rings. The molecule has 1 aromatic carbocycles. The molecule has 7 heteroatoms. The van der Waals surface area contributed by atoms with Gasteiger partial charge in [0.05, 0.1) is 4.90 Å². The molecule has 1 aliphatic heterocycles. The maximum Gasteiger partial charge on any atom is 0.322 e. The minimum absolute atomic E-state index is 0.120. The molecule has 1 atom stereocenters. The zero-order valence-corrected chi connectivity index (χ0v) is 12.6. The Labute approximate surface area is 123 Å². The maximum atomic E-state index is 12.7. The first-order chi connectivity index (χ1) is 9.34. The van der Waals surface area contributed by atoms with Gasteiger partial charge in [-0.05, 0) is 49.9 Å². The molecular weight excluding hydrogens is 302 g/mol. The number of nitrogens with zero attached hydrogens (tertiary/aromatic N) is 1. The maximum absolute atomic E-state index is 12.7. The lowest BCUT2D eigenvalue weighted by atomic mass is 10.1. The van der Waals surface area contributed by atoms with Gasteiger partial charge in [-0.3, -0.25) is 4.79 Å². The molecule has 1 unspecified atom stereocenters. The van der Waals surface area contributed by atoms with E-state index in [2.05, 4.69) is 0 Å². The smallest absolute Gasteiger partial charge is 0.322 e. The Kier molecular flexibility index (Phi) is 4.36. The Hall–Kier alpha value is -1.11. The van der Waals surface area contributed by atoms with Gasteiger partial charge in [-0.2, -0.15) is 4.31 Å². The van der Waals surface area contributed by atoms with E-state index in [9.17, 15) is 18.3 Å². The molecule has 0 bridgehead atoms. The Bertz CT molecular complexity index is 629. The number of carboxylic acids is 1. The van der Waals surface area contributed by atoms with Crippen LogP contribution in [0.25, 0.3) is 0 Å². The van der Waals surface area contributed by atoms with Crippen molar-refractivity contribution in [3.05, 3.63) is 28.8 Å². The number of aryl methyl sites for hydroxylation is 1. The Morgan fingerprint density at radius 1 is 1.40 bits per heavy atom. The molecule has 2 rings (SSSR count). The predicted molar refractivity (Wildman–Crippen MR) is 75.4 cm³/mol. The molecule has 1 heterocycles. The van der Waals surface area contributed by atoms with E-state index in [0.717, 1.165) is 10.7 Å². The highest BCUT2D eigenvalue weighted by molar-refractivity contribution is 7.89. The van der Waals surface area contributed by atoms with Crippen molar-refractivity contribution >= 4 is 27.6 Å². The van der Waals surface area contributed by atoms with E-state index in [-0.39, 0.29) is 11.4 Å². The second kappa shape index (κ2) is 5.71. The lowest BCUT2D eigenvalue weighted by Gasteiger charge is -2.32. The minimum Gasteiger partial charge on any atom is -0.480 e. The first kappa shape index (κ1) is 15.3. The molecular formula is C13H16ClNO4S. The van der Waals surface area contributed by atoms with Gasteiger partial charge in [0.1, 0.15) is 6.04 Å². The summed E-state index contributed by atoms with van der Waals surface area (Å²) in [5, 5.41) is 9.66. The fraction of sp³-hybridized carbons (Fsp3) is 0.462. The summed E-state index contributed by atoms with van der Waals surface area (Å²) in [4.78, 5) is 11.4. The topological polar surface area (TPSA) is 74.7 Å². The molecule has 1 saturated heterocycles. The van der Waals surface area contributed by atoms with E-state index in [1.807, 2.05) is 0 Å². The van der Waals surface area contributed by atoms with Gasteiger partial charge in [0.25, 0.3) is 0 Å². The second-order valence-electron chi connectivity index (χ2n) is 4.88. The number of halogens is 1. The molecule has 0 amide bonds. The van der Waals surface area contributed by atoms with Crippen molar-refractivity contribution in [1.82, 2.24) is 4.31 Å². The lowest BCUT2D eigenvalue weighted by molar-refractivity contribution is -0.142. The highest BCUT2D eigenvalue weighted by Crippen LogP contribution is 2.28. The van der Waals surface area contributed by atoms with Gasteiger partial charge in [0, 0.05) is 11.6 Å². The minimum atomic E-state index is -3.81. The van der Waals surface area contributed by atoms with Crippen LogP contribution < -0.4 is 0 Å². The van der Waals surface area contributed by atoms with Crippen molar-refractivity contribution in [3.8, 4) is 0 Å². The SMILES string of the molecule is Cc1cc(Cl)ccc1S(=O)(=O)N1CCCCC1C(=O)O. The first-order valence-corrected chi connectivity index (χ1v) is 8.16. The van der Waals surface area contributed by atoms with E-state index in [1.165, 1.54) is 12.1 Å². The summed E-state index contributed by atoms with van der Waals surface area (Å²) in [7, 11) is -3.81. The van der Waals surface area contributed by atoms with Crippen molar-refractivity contribution in [1.29, 1.82) is 0 Å². The van der Waals surface area contributed by atoms with Crippen molar-refractivity contribution in [2.75, 3.05) is 6.54 Å². The van der Waals surface area contributed by atoms with Gasteiger partial charge in [0.2, 0.25) is 10.0 Å². The molecule has 0 spiro atoms. The van der Waals surface area contributed by atoms with Crippen LogP contribution in [0.4, 0.5) is 0 Å². The average molecular weight is 318 g/mol. The van der Waals surface area contributed by atoms with Crippen molar-refractivity contribution < 1.29 is 18.3 Å². The Balaban J connectivity index is 2.45. The first-order valence-electron chi connectivity index (χ1n) is 6.35. The van der Waals surface area contributed by atoms with Gasteiger partial charge in [0.15, 0.2) is 0 Å². The van der Waals surface area contributed by atoms with Crippen LogP contribution >= 0.6 is 11.6 Å². The third-order valence-electron chi connectivity index (χ3n) is 3.46. The van der Waals surface area contributed by atoms with Gasteiger partial charge in [-0.1, -0.05) is 11.6 Å². The number of sulfonamides is 1. The molecule has 0 saturated carbocycles. The van der Waals surface area contributed by atoms with Crippen molar-refractivity contribution in [2.45, 2.75) is 37.1 Å². The van der Waals surface area contributed by atoms with Gasteiger partial charge < -0.3 is 5.11 Å². The summed E-state index contributed by atoms with van der Waals surface area (Å²) in [5.74, 6) is -1.10. The van der Waals surface area contributed by atoms with Crippen LogP contribution in [-0.2, 0) is 14.8 Å². The van der Waals surface area contributed by atoms with Crippen LogP contribution in [0.3, 0.4) is 0 Å². The van der Waals surface area contributed by atoms with E-state index in [0.29, 0.717) is 23.4 Å². The fourth-order valence-electron chi connectivity index (χ4n) is 2.47. The predicted octanol–water partition coefficient (Wildman–Crippen LogP) is 2.28. The molecule has 1 N–H and O–H groups in total. The van der Waals surface area contributed by atoms with Crippen LogP contribution in [0.1, 0.15) is 24.8 Å². The third-order valence-corrected chi connectivity index (χ3v) is 5.77. The van der Waals surface area contributed by atoms with Crippen LogP contribution in [0.2, 0.25) is 5.02 Å². The summed E-state index contributed by atoms with van der Waals surface area (Å²) in [6, 6.07) is 3.51. The number of aliphatic carboxylic acids is 1. The van der Waals surface area contributed by atoms with Gasteiger partial charge >= 0.3 is 5.97 Å². The number of hydrogen-bond donors (Lipinski definition) is 1. The Morgan fingerprint density at radius 3 is 2.70 bits per heavy atom. The van der Waals surface area contributed by atoms with E-state index >= 15 is 0 Å². The quantitative estimate of drug-likeness (QED) is 0.928. The zero-order valence-electron chi connectivity index (χ0n) is 11.0. The zero-order chi connectivity index (χ0) is 14.9. The molecule has 1 aliphatic rings. The number of hydrogen-bond acceptors (Lipinski definition) is 3. The van der Waals surface area contributed by atoms with Gasteiger partial charge in [-0.25, -0.2) is 8.42 Å². The summed E-state index contributed by atoms with van der Waals surface area (Å²) in [5.41, 5.74) is 0.521. The summed E-state index contributed by atoms with van der Waals surface area (Å²) in [6.45, 7) is 1.89. The van der Waals surface area contributed by atoms with E-state index in [1.54, 1.807) is 13.0 Å². The number of rotatable bonds is 3. The molecule has 5 nitrogen and oxygen atoms in total. The van der Waals surface area contributed by atoms with Crippen LogP contribution in [-0.4, -0.2) is 36.4 Å². The summed E-state index contributed by atoms with van der Waals surface area (Å²) >= 11 is 5.83. The third kappa shape index (κ3) is 2.82. The summed E-state index contributed by atoms with van der Waals surface area (Å²) < 4.78 is 26.4. The number of piperidine rings is 1. The van der Waals surface area contributed by atoms with Crippen molar-refractivity contribution in [3.63, 3.8) is 0 Å². The van der Waals surface area contributed by atoms with Gasteiger partial charge in [-0.15, -0.1) is 0 Å². The lowest BCUT2D eigenvalue weighted by Crippen LogP contribution is -2.47. The molecule has 20 heavy (non-hydrogen) atoms. The highest BCUT2D eigenvalue weighted by Gasteiger charge is 2.38. The molecule has 0 aliphatic carbocycles. The molecule has 0 aromatic heterocycles.